The van der Waals surface area contributed by atoms with E-state index in [2.05, 4.69) is 6.92 Å². The van der Waals surface area contributed by atoms with E-state index >= 15 is 0 Å². The first kappa shape index (κ1) is 20.6. The predicted octanol–water partition coefficient (Wildman–Crippen LogP) is 6.20. The van der Waals surface area contributed by atoms with Crippen LogP contribution in [0, 0.1) is 10.1 Å². The zero-order valence-corrected chi connectivity index (χ0v) is 16.2. The summed E-state index contributed by atoms with van der Waals surface area (Å²) in [4.78, 5) is 22.5. The average molecular weight is 369 g/mol. The van der Waals surface area contributed by atoms with Gasteiger partial charge in [-0.15, -0.1) is 0 Å². The number of ether oxygens (including phenoxy) is 1. The van der Waals surface area contributed by atoms with Crippen molar-refractivity contribution in [3.63, 3.8) is 0 Å². The van der Waals surface area contributed by atoms with Crippen LogP contribution < -0.4 is 4.74 Å². The molecule has 2 aromatic carbocycles. The fourth-order valence-corrected chi connectivity index (χ4v) is 2.97. The van der Waals surface area contributed by atoms with Gasteiger partial charge in [0.05, 0.1) is 11.0 Å². The summed E-state index contributed by atoms with van der Waals surface area (Å²) in [6.07, 6.45) is 5.40. The standard InChI is InChI=1S/C22H27NO4/c1-4-5-6-7-8-16(2)27-22-14-13-20(15-21(22)23(25)26)19-11-9-18(10-12-19)17(3)24/h9-16H,4-8H2,1-3H3. The van der Waals surface area contributed by atoms with Gasteiger partial charge in [0.15, 0.2) is 11.5 Å². The number of nitro benzene ring substituents is 1. The van der Waals surface area contributed by atoms with E-state index in [4.69, 9.17) is 4.74 Å². The number of nitro groups is 1. The molecule has 0 amide bonds. The Morgan fingerprint density at radius 3 is 2.33 bits per heavy atom. The molecule has 5 nitrogen and oxygen atoms in total. The molecule has 5 heteroatoms. The Morgan fingerprint density at radius 1 is 1.07 bits per heavy atom. The van der Waals surface area contributed by atoms with Gasteiger partial charge in [-0.2, -0.15) is 0 Å². The van der Waals surface area contributed by atoms with Gasteiger partial charge >= 0.3 is 5.69 Å². The number of Topliss-reactive ketones (excluding diaryl/α,β-unsaturated/α-hetero) is 1. The summed E-state index contributed by atoms with van der Waals surface area (Å²) >= 11 is 0. The molecule has 27 heavy (non-hydrogen) atoms. The van der Waals surface area contributed by atoms with Gasteiger partial charge in [-0.05, 0) is 43.9 Å². The summed E-state index contributed by atoms with van der Waals surface area (Å²) in [5.74, 6) is 0.288. The second-order valence-corrected chi connectivity index (χ2v) is 6.85. The zero-order valence-electron chi connectivity index (χ0n) is 16.2. The highest BCUT2D eigenvalue weighted by atomic mass is 16.6. The Morgan fingerprint density at radius 2 is 1.74 bits per heavy atom. The maximum absolute atomic E-state index is 11.5. The van der Waals surface area contributed by atoms with Crippen LogP contribution >= 0.6 is 0 Å². The molecule has 0 aliphatic carbocycles. The van der Waals surface area contributed by atoms with Crippen LogP contribution in [0.1, 0.15) is 63.2 Å². The first-order valence-electron chi connectivity index (χ1n) is 9.48. The molecule has 0 heterocycles. The average Bonchev–Trinajstić information content (AvgIpc) is 2.65. The Hall–Kier alpha value is -2.69. The van der Waals surface area contributed by atoms with Crippen LogP contribution in [0.5, 0.6) is 5.75 Å². The molecule has 0 spiro atoms. The molecular weight excluding hydrogens is 342 g/mol. The summed E-state index contributed by atoms with van der Waals surface area (Å²) < 4.78 is 5.84. The number of unbranched alkanes of at least 4 members (excludes halogenated alkanes) is 3. The van der Waals surface area contributed by atoms with Crippen molar-refractivity contribution in [1.29, 1.82) is 0 Å². The molecule has 2 aromatic rings. The summed E-state index contributed by atoms with van der Waals surface area (Å²) in [6.45, 7) is 5.62. The fourth-order valence-electron chi connectivity index (χ4n) is 2.97. The molecule has 0 aliphatic heterocycles. The van der Waals surface area contributed by atoms with Gasteiger partial charge in [0.1, 0.15) is 0 Å². The topological polar surface area (TPSA) is 69.4 Å². The zero-order chi connectivity index (χ0) is 19.8. The SMILES string of the molecule is CCCCCCC(C)Oc1ccc(-c2ccc(C(C)=O)cc2)cc1[N+](=O)[O-]. The molecule has 0 fully saturated rings. The fraction of sp³-hybridized carbons (Fsp3) is 0.409. The van der Waals surface area contributed by atoms with Gasteiger partial charge in [0.25, 0.3) is 0 Å². The first-order valence-corrected chi connectivity index (χ1v) is 9.48. The third-order valence-corrected chi connectivity index (χ3v) is 4.57. The van der Waals surface area contributed by atoms with Crippen LogP contribution in [-0.4, -0.2) is 16.8 Å². The van der Waals surface area contributed by atoms with Gasteiger partial charge in [0.2, 0.25) is 0 Å². The maximum Gasteiger partial charge on any atom is 0.311 e. The third-order valence-electron chi connectivity index (χ3n) is 4.57. The van der Waals surface area contributed by atoms with E-state index in [0.29, 0.717) is 11.3 Å². The predicted molar refractivity (Wildman–Crippen MR) is 107 cm³/mol. The summed E-state index contributed by atoms with van der Waals surface area (Å²) in [7, 11) is 0. The Kier molecular flexibility index (Phi) is 7.53. The Bertz CT molecular complexity index is 783. The van der Waals surface area contributed by atoms with E-state index in [9.17, 15) is 14.9 Å². The van der Waals surface area contributed by atoms with Crippen LogP contribution in [0.2, 0.25) is 0 Å². The highest BCUT2D eigenvalue weighted by molar-refractivity contribution is 5.94. The molecule has 0 aliphatic rings. The third kappa shape index (κ3) is 5.91. The lowest BCUT2D eigenvalue weighted by atomic mass is 10.0. The molecule has 0 bridgehead atoms. The molecule has 0 N–H and O–H groups in total. The van der Waals surface area contributed by atoms with Gasteiger partial charge in [-0.1, -0.05) is 56.5 Å². The lowest BCUT2D eigenvalue weighted by molar-refractivity contribution is -0.386. The second kappa shape index (κ2) is 9.86. The number of ketones is 1. The minimum Gasteiger partial charge on any atom is -0.484 e. The summed E-state index contributed by atoms with van der Waals surface area (Å²) in [6, 6.07) is 12.1. The molecule has 2 rings (SSSR count). The molecule has 0 radical (unpaired) electrons. The van der Waals surface area contributed by atoms with Gasteiger partial charge in [-0.3, -0.25) is 14.9 Å². The number of carbonyl (C=O) groups is 1. The van der Waals surface area contributed by atoms with E-state index in [1.165, 1.54) is 25.8 Å². The van der Waals surface area contributed by atoms with Crippen molar-refractivity contribution in [1.82, 2.24) is 0 Å². The van der Waals surface area contributed by atoms with Crippen molar-refractivity contribution in [3.05, 3.63) is 58.1 Å². The van der Waals surface area contributed by atoms with Crippen LogP contribution in [0.4, 0.5) is 5.69 Å². The number of nitrogens with zero attached hydrogens (tertiary/aromatic N) is 1. The number of rotatable bonds is 10. The van der Waals surface area contributed by atoms with E-state index < -0.39 is 4.92 Å². The number of hydrogen-bond acceptors (Lipinski definition) is 4. The van der Waals surface area contributed by atoms with Crippen molar-refractivity contribution < 1.29 is 14.5 Å². The maximum atomic E-state index is 11.5. The lowest BCUT2D eigenvalue weighted by Gasteiger charge is -2.15. The van der Waals surface area contributed by atoms with Crippen molar-refractivity contribution in [2.24, 2.45) is 0 Å². The minimum atomic E-state index is -0.410. The van der Waals surface area contributed by atoms with Gasteiger partial charge in [-0.25, -0.2) is 0 Å². The van der Waals surface area contributed by atoms with E-state index in [1.54, 1.807) is 30.3 Å². The monoisotopic (exact) mass is 369 g/mol. The second-order valence-electron chi connectivity index (χ2n) is 6.85. The summed E-state index contributed by atoms with van der Waals surface area (Å²) in [5, 5.41) is 11.5. The summed E-state index contributed by atoms with van der Waals surface area (Å²) in [5.41, 5.74) is 2.12. The van der Waals surface area contributed by atoms with Gasteiger partial charge in [0, 0.05) is 11.6 Å². The Balaban J connectivity index is 2.16. The van der Waals surface area contributed by atoms with E-state index in [-0.39, 0.29) is 17.6 Å². The molecular formula is C22H27NO4. The van der Waals surface area contributed by atoms with Crippen molar-refractivity contribution in [2.75, 3.05) is 0 Å². The van der Waals surface area contributed by atoms with Crippen LogP contribution in [-0.2, 0) is 0 Å². The van der Waals surface area contributed by atoms with Crippen molar-refractivity contribution in [2.45, 2.75) is 59.0 Å². The molecule has 144 valence electrons. The Labute approximate surface area is 160 Å². The smallest absolute Gasteiger partial charge is 0.311 e. The highest BCUT2D eigenvalue weighted by Crippen LogP contribution is 2.33. The molecule has 0 saturated carbocycles. The van der Waals surface area contributed by atoms with Gasteiger partial charge < -0.3 is 4.74 Å². The van der Waals surface area contributed by atoms with Crippen molar-refractivity contribution >= 4 is 11.5 Å². The normalized spacial score (nSPS) is 11.8. The van der Waals surface area contributed by atoms with Crippen LogP contribution in [0.15, 0.2) is 42.5 Å². The van der Waals surface area contributed by atoms with Crippen molar-refractivity contribution in [3.8, 4) is 16.9 Å². The number of benzene rings is 2. The molecule has 0 aromatic heterocycles. The molecule has 1 atom stereocenters. The molecule has 0 saturated heterocycles. The highest BCUT2D eigenvalue weighted by Gasteiger charge is 2.18. The minimum absolute atomic E-state index is 0.01000. The van der Waals surface area contributed by atoms with E-state index in [1.807, 2.05) is 13.0 Å². The van der Waals surface area contributed by atoms with Crippen LogP contribution in [0.3, 0.4) is 0 Å². The first-order chi connectivity index (χ1) is 12.9. The molecule has 1 unspecified atom stereocenters. The number of hydrogen-bond donors (Lipinski definition) is 0. The lowest BCUT2D eigenvalue weighted by Crippen LogP contribution is -2.12. The largest absolute Gasteiger partial charge is 0.484 e. The quantitative estimate of drug-likeness (QED) is 0.216. The number of carbonyl (C=O) groups excluding carboxylic acids is 1. The van der Waals surface area contributed by atoms with Crippen LogP contribution in [0.25, 0.3) is 11.1 Å². The van der Waals surface area contributed by atoms with E-state index in [0.717, 1.165) is 30.4 Å².